The van der Waals surface area contributed by atoms with E-state index in [0.717, 1.165) is 0 Å². The van der Waals surface area contributed by atoms with Gasteiger partial charge in [0.15, 0.2) is 5.03 Å². The minimum Gasteiger partial charge on any atom is -0.480 e. The monoisotopic (exact) mass is 275 g/mol. The number of nitrogens with zero attached hydrogens (tertiary/aromatic N) is 2. The minimum atomic E-state index is -3.90. The summed E-state index contributed by atoms with van der Waals surface area (Å²) in [6.45, 7) is 3.48. The number of carboxylic acids is 1. The van der Waals surface area contributed by atoms with E-state index in [0.29, 0.717) is 6.42 Å². The lowest BCUT2D eigenvalue weighted by Gasteiger charge is -2.19. The van der Waals surface area contributed by atoms with Gasteiger partial charge in [-0.1, -0.05) is 20.3 Å². The SMILES string of the molecule is CCC(C)[C@H](NS(=O)(=O)c1cn(C)cn1)C(=O)O. The van der Waals surface area contributed by atoms with Gasteiger partial charge < -0.3 is 9.67 Å². The molecule has 1 aromatic rings. The second-order valence-electron chi connectivity index (χ2n) is 4.20. The molecule has 1 heterocycles. The first-order chi connectivity index (χ1) is 8.27. The fourth-order valence-electron chi connectivity index (χ4n) is 1.40. The predicted octanol–water partition coefficient (Wildman–Crippen LogP) is 0.198. The van der Waals surface area contributed by atoms with Crippen LogP contribution in [0.25, 0.3) is 0 Å². The quantitative estimate of drug-likeness (QED) is 0.772. The number of aliphatic carboxylic acids is 1. The van der Waals surface area contributed by atoms with Crippen molar-refractivity contribution in [2.45, 2.75) is 31.3 Å². The number of rotatable bonds is 6. The third kappa shape index (κ3) is 3.30. The van der Waals surface area contributed by atoms with Gasteiger partial charge in [0.1, 0.15) is 6.04 Å². The molecule has 0 bridgehead atoms. The van der Waals surface area contributed by atoms with Crippen molar-refractivity contribution in [1.29, 1.82) is 0 Å². The Hall–Kier alpha value is -1.41. The smallest absolute Gasteiger partial charge is 0.322 e. The van der Waals surface area contributed by atoms with Crippen molar-refractivity contribution < 1.29 is 18.3 Å². The maximum Gasteiger partial charge on any atom is 0.322 e. The van der Waals surface area contributed by atoms with E-state index in [9.17, 15) is 13.2 Å². The summed E-state index contributed by atoms with van der Waals surface area (Å²) in [5, 5.41) is 8.86. The average Bonchev–Trinajstić information content (AvgIpc) is 2.72. The number of hydrogen-bond acceptors (Lipinski definition) is 4. The summed E-state index contributed by atoms with van der Waals surface area (Å²) in [5.41, 5.74) is 0. The molecule has 0 saturated heterocycles. The summed E-state index contributed by atoms with van der Waals surface area (Å²) < 4.78 is 27.5. The summed E-state index contributed by atoms with van der Waals surface area (Å²) in [6, 6.07) is -1.15. The molecule has 0 radical (unpaired) electrons. The first-order valence-electron chi connectivity index (χ1n) is 5.51. The lowest BCUT2D eigenvalue weighted by atomic mass is 10.0. The van der Waals surface area contributed by atoms with Crippen LogP contribution >= 0.6 is 0 Å². The van der Waals surface area contributed by atoms with E-state index in [2.05, 4.69) is 9.71 Å². The van der Waals surface area contributed by atoms with E-state index >= 15 is 0 Å². The second-order valence-corrected chi connectivity index (χ2v) is 5.86. The van der Waals surface area contributed by atoms with E-state index in [1.54, 1.807) is 20.9 Å². The van der Waals surface area contributed by atoms with Crippen LogP contribution in [0.4, 0.5) is 0 Å². The van der Waals surface area contributed by atoms with Gasteiger partial charge in [0.05, 0.1) is 6.33 Å². The summed E-state index contributed by atoms with van der Waals surface area (Å²) in [7, 11) is -2.27. The molecule has 7 nitrogen and oxygen atoms in total. The highest BCUT2D eigenvalue weighted by molar-refractivity contribution is 7.89. The van der Waals surface area contributed by atoms with Gasteiger partial charge in [-0.25, -0.2) is 13.4 Å². The van der Waals surface area contributed by atoms with Gasteiger partial charge >= 0.3 is 5.97 Å². The van der Waals surface area contributed by atoms with Gasteiger partial charge in [-0.3, -0.25) is 4.79 Å². The molecule has 0 amide bonds. The van der Waals surface area contributed by atoms with Crippen LogP contribution in [-0.2, 0) is 21.9 Å². The van der Waals surface area contributed by atoms with Gasteiger partial charge in [0.25, 0.3) is 10.0 Å². The third-order valence-corrected chi connectivity index (χ3v) is 4.04. The van der Waals surface area contributed by atoms with Gasteiger partial charge in [0, 0.05) is 13.2 Å². The van der Waals surface area contributed by atoms with Crippen LogP contribution in [0.3, 0.4) is 0 Å². The van der Waals surface area contributed by atoms with Crippen molar-refractivity contribution in [2.24, 2.45) is 13.0 Å². The molecule has 1 rings (SSSR count). The molecular weight excluding hydrogens is 258 g/mol. The van der Waals surface area contributed by atoms with E-state index in [4.69, 9.17) is 5.11 Å². The molecule has 0 aromatic carbocycles. The van der Waals surface area contributed by atoms with Crippen LogP contribution in [0.1, 0.15) is 20.3 Å². The van der Waals surface area contributed by atoms with E-state index in [1.165, 1.54) is 17.1 Å². The highest BCUT2D eigenvalue weighted by Crippen LogP contribution is 2.12. The normalized spacial score (nSPS) is 15.3. The first kappa shape index (κ1) is 14.7. The molecule has 2 atom stereocenters. The number of hydrogen-bond donors (Lipinski definition) is 2. The molecule has 0 fully saturated rings. The maximum absolute atomic E-state index is 11.9. The topological polar surface area (TPSA) is 101 Å². The van der Waals surface area contributed by atoms with Gasteiger partial charge in [0.2, 0.25) is 0 Å². The lowest BCUT2D eigenvalue weighted by molar-refractivity contribution is -0.140. The average molecular weight is 275 g/mol. The van der Waals surface area contributed by atoms with E-state index < -0.39 is 22.0 Å². The Kier molecular flexibility index (Phi) is 4.47. The second kappa shape index (κ2) is 5.49. The standard InChI is InChI=1S/C10H17N3O4S/c1-4-7(2)9(10(14)15)12-18(16,17)8-5-13(3)6-11-8/h5-7,9,12H,4H2,1-3H3,(H,14,15)/t7?,9-/m0/s1. The molecule has 1 aromatic heterocycles. The van der Waals surface area contributed by atoms with Crippen molar-refractivity contribution in [3.63, 3.8) is 0 Å². The highest BCUT2D eigenvalue weighted by Gasteiger charge is 2.30. The Morgan fingerprint density at radius 2 is 2.22 bits per heavy atom. The predicted molar refractivity (Wildman–Crippen MR) is 64.4 cm³/mol. The number of carboxylic acid groups (broad SMARTS) is 1. The molecule has 102 valence electrons. The van der Waals surface area contributed by atoms with Crippen LogP contribution in [0.5, 0.6) is 0 Å². The Balaban J connectivity index is 2.96. The van der Waals surface area contributed by atoms with Crippen molar-refractivity contribution in [1.82, 2.24) is 14.3 Å². The molecule has 0 spiro atoms. The van der Waals surface area contributed by atoms with Crippen molar-refractivity contribution in [3.8, 4) is 0 Å². The first-order valence-corrected chi connectivity index (χ1v) is 6.99. The number of nitrogens with one attached hydrogen (secondary N) is 1. The van der Waals surface area contributed by atoms with Crippen molar-refractivity contribution in [2.75, 3.05) is 0 Å². The zero-order chi connectivity index (χ0) is 13.9. The highest BCUT2D eigenvalue weighted by atomic mass is 32.2. The Morgan fingerprint density at radius 3 is 2.61 bits per heavy atom. The molecule has 8 heteroatoms. The van der Waals surface area contributed by atoms with Gasteiger partial charge in [-0.05, 0) is 5.92 Å². The largest absolute Gasteiger partial charge is 0.480 e. The Labute approximate surface area is 106 Å². The van der Waals surface area contributed by atoms with E-state index in [-0.39, 0.29) is 10.9 Å². The molecule has 0 saturated carbocycles. The maximum atomic E-state index is 11.9. The Morgan fingerprint density at radius 1 is 1.61 bits per heavy atom. The minimum absolute atomic E-state index is 0.181. The van der Waals surface area contributed by atoms with Gasteiger partial charge in [-0.2, -0.15) is 4.72 Å². The number of aryl methyl sites for hydroxylation is 1. The van der Waals surface area contributed by atoms with Crippen LogP contribution in [0.2, 0.25) is 0 Å². The number of imidazole rings is 1. The summed E-state index contributed by atoms with van der Waals surface area (Å²) >= 11 is 0. The van der Waals surface area contributed by atoms with Crippen LogP contribution < -0.4 is 4.72 Å². The molecule has 18 heavy (non-hydrogen) atoms. The number of carbonyl (C=O) groups is 1. The third-order valence-electron chi connectivity index (χ3n) is 2.72. The zero-order valence-electron chi connectivity index (χ0n) is 10.5. The molecule has 0 aliphatic carbocycles. The van der Waals surface area contributed by atoms with Crippen LogP contribution in [0.15, 0.2) is 17.6 Å². The molecule has 1 unspecified atom stereocenters. The lowest BCUT2D eigenvalue weighted by Crippen LogP contribution is -2.45. The molecule has 2 N–H and O–H groups in total. The summed E-state index contributed by atoms with van der Waals surface area (Å²) in [4.78, 5) is 14.8. The summed E-state index contributed by atoms with van der Waals surface area (Å²) in [5.74, 6) is -1.50. The number of aromatic nitrogens is 2. The molecule has 0 aliphatic rings. The molecule has 0 aliphatic heterocycles. The van der Waals surface area contributed by atoms with E-state index in [1.807, 2.05) is 0 Å². The molecular formula is C10H17N3O4S. The fourth-order valence-corrected chi connectivity index (χ4v) is 2.68. The summed E-state index contributed by atoms with van der Waals surface area (Å²) in [6.07, 6.45) is 3.22. The van der Waals surface area contributed by atoms with Crippen molar-refractivity contribution in [3.05, 3.63) is 12.5 Å². The fraction of sp³-hybridized carbons (Fsp3) is 0.600. The van der Waals surface area contributed by atoms with Crippen molar-refractivity contribution >= 4 is 16.0 Å². The Bertz CT molecular complexity index is 523. The zero-order valence-corrected chi connectivity index (χ0v) is 11.3. The van der Waals surface area contributed by atoms with Crippen LogP contribution in [0, 0.1) is 5.92 Å². The number of sulfonamides is 1. The van der Waals surface area contributed by atoms with Gasteiger partial charge in [-0.15, -0.1) is 0 Å². The van der Waals surface area contributed by atoms with Crippen LogP contribution in [-0.4, -0.2) is 35.1 Å².